The van der Waals surface area contributed by atoms with Crippen LogP contribution in [0.15, 0.2) is 0 Å². The monoisotopic (exact) mass is 269 g/mol. The van der Waals surface area contributed by atoms with Crippen molar-refractivity contribution in [2.45, 2.75) is 33.1 Å². The Balaban J connectivity index is 2.89. The summed E-state index contributed by atoms with van der Waals surface area (Å²) >= 11 is 2.40. The minimum atomic E-state index is 0.913. The van der Waals surface area contributed by atoms with Gasteiger partial charge >= 0.3 is 0 Å². The Morgan fingerprint density at radius 2 is 2.09 bits per heavy atom. The Morgan fingerprint density at radius 1 is 1.36 bits per heavy atom. The Kier molecular flexibility index (Phi) is 9.33. The van der Waals surface area contributed by atoms with Gasteiger partial charge in [0.05, 0.1) is 0 Å². The Morgan fingerprint density at radius 3 is 2.64 bits per heavy atom. The molecule has 1 N–H and O–H groups in total. The normalized spacial score (nSPS) is 13.4. The summed E-state index contributed by atoms with van der Waals surface area (Å²) in [6, 6.07) is 0. The van der Waals surface area contributed by atoms with Crippen LogP contribution in [-0.2, 0) is 0 Å². The van der Waals surface area contributed by atoms with Gasteiger partial charge in [-0.15, -0.1) is 0 Å². The maximum Gasteiger partial charge on any atom is 0.0121 e. The molecule has 68 valence electrons. The Hall–Kier alpha value is 0.690. The summed E-state index contributed by atoms with van der Waals surface area (Å²) in [5.74, 6) is 0.913. The van der Waals surface area contributed by atoms with E-state index in [-0.39, 0.29) is 0 Å². The van der Waals surface area contributed by atoms with E-state index >= 15 is 0 Å². The third kappa shape index (κ3) is 8.60. The molecule has 0 radical (unpaired) electrons. The molecule has 0 aromatic rings. The second kappa shape index (κ2) is 8.78. The summed E-state index contributed by atoms with van der Waals surface area (Å²) < 4.78 is 1.22. The minimum absolute atomic E-state index is 0.913. The lowest BCUT2D eigenvalue weighted by molar-refractivity contribution is 0.484. The van der Waals surface area contributed by atoms with Gasteiger partial charge in [0.1, 0.15) is 0 Å². The predicted molar refractivity (Wildman–Crippen MR) is 60.4 cm³/mol. The summed E-state index contributed by atoms with van der Waals surface area (Å²) in [5, 5.41) is 3.41. The van der Waals surface area contributed by atoms with E-state index in [1.807, 2.05) is 0 Å². The topological polar surface area (TPSA) is 12.0 Å². The summed E-state index contributed by atoms with van der Waals surface area (Å²) in [6.45, 7) is 6.97. The average Bonchev–Trinajstić information content (AvgIpc) is 2.04. The zero-order valence-electron chi connectivity index (χ0n) is 7.70. The van der Waals surface area contributed by atoms with Crippen molar-refractivity contribution in [3.63, 3.8) is 0 Å². The molecule has 0 aromatic carbocycles. The quantitative estimate of drug-likeness (QED) is 0.426. The molecule has 0 aliphatic carbocycles. The minimum Gasteiger partial charge on any atom is -0.316 e. The highest BCUT2D eigenvalue weighted by Gasteiger charge is 1.96. The van der Waals surface area contributed by atoms with Crippen LogP contribution >= 0.6 is 22.6 Å². The number of hydrogen-bond acceptors (Lipinski definition) is 1. The van der Waals surface area contributed by atoms with Crippen LogP contribution in [0.5, 0.6) is 0 Å². The van der Waals surface area contributed by atoms with Gasteiger partial charge in [-0.2, -0.15) is 0 Å². The molecule has 0 rings (SSSR count). The molecule has 0 aliphatic heterocycles. The molecule has 0 spiro atoms. The van der Waals surface area contributed by atoms with Crippen molar-refractivity contribution in [2.75, 3.05) is 17.5 Å². The fourth-order valence-electron chi connectivity index (χ4n) is 0.971. The number of alkyl halides is 1. The first-order valence-corrected chi connectivity index (χ1v) is 6.10. The molecule has 11 heavy (non-hydrogen) atoms. The average molecular weight is 269 g/mol. The van der Waals surface area contributed by atoms with Gasteiger partial charge in [-0.25, -0.2) is 0 Å². The molecule has 0 heterocycles. The molecule has 0 saturated carbocycles. The lowest BCUT2D eigenvalue weighted by atomic mass is 10.0. The van der Waals surface area contributed by atoms with Crippen LogP contribution in [0.1, 0.15) is 33.1 Å². The summed E-state index contributed by atoms with van der Waals surface area (Å²) in [5.41, 5.74) is 0. The zero-order valence-corrected chi connectivity index (χ0v) is 9.86. The Labute approximate surface area is 84.5 Å². The molecule has 0 aliphatic rings. The molecular weight excluding hydrogens is 249 g/mol. The maximum atomic E-state index is 3.41. The molecule has 1 atom stereocenters. The van der Waals surface area contributed by atoms with Gasteiger partial charge < -0.3 is 5.32 Å². The number of rotatable bonds is 7. The first kappa shape index (κ1) is 11.7. The first-order chi connectivity index (χ1) is 5.31. The van der Waals surface area contributed by atoms with Crippen LogP contribution in [0.4, 0.5) is 0 Å². The second-order valence-corrected chi connectivity index (χ2v) is 4.17. The Bertz CT molecular complexity index is 76.0. The van der Waals surface area contributed by atoms with E-state index in [4.69, 9.17) is 0 Å². The zero-order chi connectivity index (χ0) is 8.53. The standard InChI is InChI=1S/C9H20IN/c1-3-9(2)5-4-7-11-8-6-10/h9,11H,3-8H2,1-2H3. The van der Waals surface area contributed by atoms with Crippen molar-refractivity contribution in [2.24, 2.45) is 5.92 Å². The van der Waals surface area contributed by atoms with Crippen molar-refractivity contribution >= 4 is 22.6 Å². The summed E-state index contributed by atoms with van der Waals surface area (Å²) in [6.07, 6.45) is 4.04. The van der Waals surface area contributed by atoms with Gasteiger partial charge in [0.15, 0.2) is 0 Å². The largest absolute Gasteiger partial charge is 0.316 e. The predicted octanol–water partition coefficient (Wildman–Crippen LogP) is 2.84. The molecule has 0 amide bonds. The third-order valence-electron chi connectivity index (χ3n) is 2.02. The van der Waals surface area contributed by atoms with Crippen molar-refractivity contribution in [1.82, 2.24) is 5.32 Å². The molecule has 0 aromatic heterocycles. The maximum absolute atomic E-state index is 3.41. The van der Waals surface area contributed by atoms with Crippen LogP contribution in [-0.4, -0.2) is 17.5 Å². The molecule has 0 bridgehead atoms. The van der Waals surface area contributed by atoms with E-state index in [1.54, 1.807) is 0 Å². The highest BCUT2D eigenvalue weighted by atomic mass is 127. The van der Waals surface area contributed by atoms with E-state index in [1.165, 1.54) is 36.8 Å². The van der Waals surface area contributed by atoms with Crippen LogP contribution in [0.3, 0.4) is 0 Å². The fraction of sp³-hybridized carbons (Fsp3) is 1.00. The SMILES string of the molecule is CCC(C)CCCNCCI. The van der Waals surface area contributed by atoms with Crippen LogP contribution < -0.4 is 5.32 Å². The van der Waals surface area contributed by atoms with Crippen molar-refractivity contribution in [1.29, 1.82) is 0 Å². The molecule has 1 unspecified atom stereocenters. The number of nitrogens with one attached hydrogen (secondary N) is 1. The van der Waals surface area contributed by atoms with Crippen LogP contribution in [0, 0.1) is 5.92 Å². The van der Waals surface area contributed by atoms with E-state index in [0.717, 1.165) is 5.92 Å². The first-order valence-electron chi connectivity index (χ1n) is 4.58. The summed E-state index contributed by atoms with van der Waals surface area (Å²) in [4.78, 5) is 0. The number of hydrogen-bond donors (Lipinski definition) is 1. The number of halogens is 1. The van der Waals surface area contributed by atoms with Gasteiger partial charge in [0, 0.05) is 11.0 Å². The molecule has 0 saturated heterocycles. The lowest BCUT2D eigenvalue weighted by Crippen LogP contribution is -2.17. The van der Waals surface area contributed by atoms with E-state index < -0.39 is 0 Å². The van der Waals surface area contributed by atoms with Gasteiger partial charge in [-0.05, 0) is 25.3 Å². The van der Waals surface area contributed by atoms with Crippen molar-refractivity contribution < 1.29 is 0 Å². The highest BCUT2D eigenvalue weighted by Crippen LogP contribution is 2.07. The van der Waals surface area contributed by atoms with Gasteiger partial charge in [-0.3, -0.25) is 0 Å². The van der Waals surface area contributed by atoms with Gasteiger partial charge in [0.2, 0.25) is 0 Å². The fourth-order valence-corrected chi connectivity index (χ4v) is 1.35. The smallest absolute Gasteiger partial charge is 0.0121 e. The third-order valence-corrected chi connectivity index (χ3v) is 2.56. The highest BCUT2D eigenvalue weighted by molar-refractivity contribution is 14.1. The van der Waals surface area contributed by atoms with Gasteiger partial charge in [0.25, 0.3) is 0 Å². The molecule has 0 fully saturated rings. The van der Waals surface area contributed by atoms with Crippen LogP contribution in [0.2, 0.25) is 0 Å². The lowest BCUT2D eigenvalue weighted by Gasteiger charge is -2.07. The molecule has 2 heteroatoms. The van der Waals surface area contributed by atoms with Crippen molar-refractivity contribution in [3.05, 3.63) is 0 Å². The van der Waals surface area contributed by atoms with E-state index in [9.17, 15) is 0 Å². The van der Waals surface area contributed by atoms with E-state index in [0.29, 0.717) is 0 Å². The van der Waals surface area contributed by atoms with Crippen LogP contribution in [0.25, 0.3) is 0 Å². The molecular formula is C9H20IN. The molecule has 1 nitrogen and oxygen atoms in total. The van der Waals surface area contributed by atoms with E-state index in [2.05, 4.69) is 41.8 Å². The van der Waals surface area contributed by atoms with Crippen molar-refractivity contribution in [3.8, 4) is 0 Å². The summed E-state index contributed by atoms with van der Waals surface area (Å²) in [7, 11) is 0. The second-order valence-electron chi connectivity index (χ2n) is 3.09. The van der Waals surface area contributed by atoms with Gasteiger partial charge in [-0.1, -0.05) is 42.9 Å².